The van der Waals surface area contributed by atoms with Gasteiger partial charge in [0.2, 0.25) is 0 Å². The molecule has 0 fully saturated rings. The van der Waals surface area contributed by atoms with Crippen molar-refractivity contribution in [2.45, 2.75) is 25.6 Å². The Bertz CT molecular complexity index is 448. The van der Waals surface area contributed by atoms with Crippen LogP contribution < -0.4 is 11.1 Å². The lowest BCUT2D eigenvalue weighted by molar-refractivity contribution is -0.00177. The monoisotopic (exact) mass is 275 g/mol. The van der Waals surface area contributed by atoms with Crippen LogP contribution in [0.2, 0.25) is 5.15 Å². The van der Waals surface area contributed by atoms with E-state index in [2.05, 4.69) is 10.3 Å². The molecule has 0 bridgehead atoms. The zero-order valence-corrected chi connectivity index (χ0v) is 10.8. The minimum Gasteiger partial charge on any atom is -0.398 e. The number of amides is 1. The molecular weight excluding hydrogens is 261 g/mol. The molecular formula is C11H15ClFN3O2. The minimum absolute atomic E-state index is 0.113. The quantitative estimate of drug-likeness (QED) is 0.720. The molecule has 100 valence electrons. The van der Waals surface area contributed by atoms with E-state index >= 15 is 0 Å². The Morgan fingerprint density at radius 3 is 2.83 bits per heavy atom. The third-order valence-electron chi connectivity index (χ3n) is 2.36. The normalized spacial score (nSPS) is 13.2. The van der Waals surface area contributed by atoms with Crippen molar-refractivity contribution in [2.75, 3.05) is 12.3 Å². The number of nitrogens with two attached hydrogens (primary N) is 1. The first-order valence-corrected chi connectivity index (χ1v) is 5.65. The van der Waals surface area contributed by atoms with Gasteiger partial charge in [-0.2, -0.15) is 0 Å². The number of nitrogen functional groups attached to an aromatic ring is 1. The van der Waals surface area contributed by atoms with Crippen LogP contribution in [0.25, 0.3) is 0 Å². The SMILES string of the molecule is CC(C)(O)C(F)CNC(=O)c1cnc(Cl)cc1N. The highest BCUT2D eigenvalue weighted by molar-refractivity contribution is 6.29. The maximum atomic E-state index is 13.4. The van der Waals surface area contributed by atoms with Gasteiger partial charge in [-0.05, 0) is 19.9 Å². The van der Waals surface area contributed by atoms with E-state index in [1.165, 1.54) is 26.1 Å². The predicted octanol–water partition coefficient (Wildman–Crippen LogP) is 1.16. The average molecular weight is 276 g/mol. The molecule has 1 aromatic heterocycles. The summed E-state index contributed by atoms with van der Waals surface area (Å²) in [5.41, 5.74) is 4.34. The van der Waals surface area contributed by atoms with Crippen molar-refractivity contribution in [3.8, 4) is 0 Å². The zero-order chi connectivity index (χ0) is 13.9. The van der Waals surface area contributed by atoms with Crippen LogP contribution in [0.1, 0.15) is 24.2 Å². The Morgan fingerprint density at radius 2 is 2.33 bits per heavy atom. The van der Waals surface area contributed by atoms with Crippen LogP contribution in [0.5, 0.6) is 0 Å². The Morgan fingerprint density at radius 1 is 1.72 bits per heavy atom. The van der Waals surface area contributed by atoms with E-state index in [9.17, 15) is 14.3 Å². The second kappa shape index (κ2) is 5.49. The maximum absolute atomic E-state index is 13.4. The number of hydrogen-bond acceptors (Lipinski definition) is 4. The second-order valence-electron chi connectivity index (χ2n) is 4.43. The largest absolute Gasteiger partial charge is 0.398 e. The fraction of sp³-hybridized carbons (Fsp3) is 0.455. The van der Waals surface area contributed by atoms with E-state index in [0.29, 0.717) is 0 Å². The van der Waals surface area contributed by atoms with Crippen molar-refractivity contribution in [3.63, 3.8) is 0 Å². The first kappa shape index (κ1) is 14.7. The standard InChI is InChI=1S/C11H15ClFN3O2/c1-11(2,18)8(13)5-16-10(17)6-4-15-9(12)3-7(6)14/h3-4,8,18H,5H2,1-2H3,(H2,14,15)(H,16,17). The summed E-state index contributed by atoms with van der Waals surface area (Å²) in [5, 5.41) is 11.9. The van der Waals surface area contributed by atoms with Crippen molar-refractivity contribution in [1.29, 1.82) is 0 Å². The molecule has 4 N–H and O–H groups in total. The zero-order valence-electron chi connectivity index (χ0n) is 10.1. The molecule has 1 atom stereocenters. The average Bonchev–Trinajstić information content (AvgIpc) is 2.24. The van der Waals surface area contributed by atoms with E-state index < -0.39 is 17.7 Å². The van der Waals surface area contributed by atoms with Crippen LogP contribution in [0.3, 0.4) is 0 Å². The highest BCUT2D eigenvalue weighted by atomic mass is 35.5. The van der Waals surface area contributed by atoms with Crippen molar-refractivity contribution in [2.24, 2.45) is 0 Å². The number of aliphatic hydroxyl groups is 1. The van der Waals surface area contributed by atoms with E-state index in [-0.39, 0.29) is 22.9 Å². The maximum Gasteiger partial charge on any atom is 0.255 e. The summed E-state index contributed by atoms with van der Waals surface area (Å²) in [7, 11) is 0. The highest BCUT2D eigenvalue weighted by Gasteiger charge is 2.27. The number of alkyl halides is 1. The summed E-state index contributed by atoms with van der Waals surface area (Å²) in [5.74, 6) is -0.566. The molecule has 0 spiro atoms. The van der Waals surface area contributed by atoms with Crippen LogP contribution in [-0.4, -0.2) is 34.3 Å². The van der Waals surface area contributed by atoms with Crippen molar-refractivity contribution in [1.82, 2.24) is 10.3 Å². The number of pyridine rings is 1. The minimum atomic E-state index is -1.58. The highest BCUT2D eigenvalue weighted by Crippen LogP contribution is 2.15. The lowest BCUT2D eigenvalue weighted by Crippen LogP contribution is -2.42. The van der Waals surface area contributed by atoms with E-state index in [1.54, 1.807) is 0 Å². The Labute approximate surface area is 109 Å². The molecule has 0 aliphatic heterocycles. The van der Waals surface area contributed by atoms with Crippen molar-refractivity contribution in [3.05, 3.63) is 23.0 Å². The number of anilines is 1. The fourth-order valence-corrected chi connectivity index (χ4v) is 1.33. The Balaban J connectivity index is 2.66. The molecule has 0 aliphatic carbocycles. The molecule has 0 aliphatic rings. The van der Waals surface area contributed by atoms with E-state index in [1.807, 2.05) is 0 Å². The van der Waals surface area contributed by atoms with Crippen LogP contribution >= 0.6 is 11.6 Å². The molecule has 0 radical (unpaired) electrons. The summed E-state index contributed by atoms with van der Waals surface area (Å²) in [6.45, 7) is 2.33. The third-order valence-corrected chi connectivity index (χ3v) is 2.56. The van der Waals surface area contributed by atoms with Gasteiger partial charge in [0.15, 0.2) is 0 Å². The Hall–Kier alpha value is -1.40. The number of hydrogen-bond donors (Lipinski definition) is 3. The van der Waals surface area contributed by atoms with Gasteiger partial charge in [0.05, 0.1) is 17.7 Å². The lowest BCUT2D eigenvalue weighted by Gasteiger charge is -2.22. The van der Waals surface area contributed by atoms with Gasteiger partial charge in [-0.25, -0.2) is 9.37 Å². The van der Waals surface area contributed by atoms with E-state index in [4.69, 9.17) is 17.3 Å². The lowest BCUT2D eigenvalue weighted by atomic mass is 10.0. The molecule has 5 nitrogen and oxygen atoms in total. The fourth-order valence-electron chi connectivity index (χ4n) is 1.16. The number of halogens is 2. The van der Waals surface area contributed by atoms with Gasteiger partial charge >= 0.3 is 0 Å². The smallest absolute Gasteiger partial charge is 0.255 e. The van der Waals surface area contributed by atoms with E-state index in [0.717, 1.165) is 0 Å². The number of nitrogens with zero attached hydrogens (tertiary/aromatic N) is 1. The van der Waals surface area contributed by atoms with Crippen molar-refractivity contribution < 1.29 is 14.3 Å². The molecule has 7 heteroatoms. The Kier molecular flexibility index (Phi) is 4.48. The van der Waals surface area contributed by atoms with Gasteiger partial charge in [-0.15, -0.1) is 0 Å². The molecule has 1 rings (SSSR count). The van der Waals surface area contributed by atoms with Crippen LogP contribution in [0, 0.1) is 0 Å². The van der Waals surface area contributed by atoms with Crippen LogP contribution in [-0.2, 0) is 0 Å². The first-order chi connectivity index (χ1) is 8.21. The summed E-state index contributed by atoms with van der Waals surface area (Å²) < 4.78 is 13.4. The molecule has 1 aromatic rings. The topological polar surface area (TPSA) is 88.2 Å². The van der Waals surface area contributed by atoms with Gasteiger partial charge in [-0.3, -0.25) is 4.79 Å². The van der Waals surface area contributed by atoms with Gasteiger partial charge < -0.3 is 16.2 Å². The molecule has 0 saturated carbocycles. The summed E-state index contributed by atoms with van der Waals surface area (Å²) in [6, 6.07) is 1.33. The molecule has 1 heterocycles. The first-order valence-electron chi connectivity index (χ1n) is 5.27. The molecule has 1 unspecified atom stereocenters. The van der Waals surface area contributed by atoms with Gasteiger partial charge in [0.25, 0.3) is 5.91 Å². The number of carbonyl (C=O) groups is 1. The van der Waals surface area contributed by atoms with Gasteiger partial charge in [-0.1, -0.05) is 11.6 Å². The van der Waals surface area contributed by atoms with Crippen LogP contribution in [0.4, 0.5) is 10.1 Å². The molecule has 0 aromatic carbocycles. The number of nitrogens with one attached hydrogen (secondary N) is 1. The summed E-state index contributed by atoms with van der Waals surface area (Å²) >= 11 is 5.59. The van der Waals surface area contributed by atoms with Gasteiger partial charge in [0, 0.05) is 11.9 Å². The molecule has 18 heavy (non-hydrogen) atoms. The summed E-state index contributed by atoms with van der Waals surface area (Å²) in [4.78, 5) is 15.4. The van der Waals surface area contributed by atoms with Gasteiger partial charge in [0.1, 0.15) is 11.3 Å². The van der Waals surface area contributed by atoms with Crippen molar-refractivity contribution >= 4 is 23.2 Å². The number of aromatic nitrogens is 1. The molecule has 1 amide bonds. The molecule has 0 saturated heterocycles. The third kappa shape index (κ3) is 3.82. The number of carbonyl (C=O) groups excluding carboxylic acids is 1. The van der Waals surface area contributed by atoms with Crippen LogP contribution in [0.15, 0.2) is 12.3 Å². The second-order valence-corrected chi connectivity index (χ2v) is 4.81. The predicted molar refractivity (Wildman–Crippen MR) is 67.2 cm³/mol. The summed E-state index contributed by atoms with van der Waals surface area (Å²) in [6.07, 6.45) is -0.368. The number of rotatable bonds is 4.